The van der Waals surface area contributed by atoms with Crippen molar-refractivity contribution in [1.82, 2.24) is 9.36 Å². The first-order chi connectivity index (χ1) is 6.20. The van der Waals surface area contributed by atoms with Gasteiger partial charge in [-0.2, -0.15) is 4.37 Å². The highest BCUT2D eigenvalue weighted by Gasteiger charge is 2.14. The van der Waals surface area contributed by atoms with E-state index in [0.717, 1.165) is 20.7 Å². The molecule has 0 unspecified atom stereocenters. The van der Waals surface area contributed by atoms with E-state index < -0.39 is 5.97 Å². The summed E-state index contributed by atoms with van der Waals surface area (Å²) in [5.41, 5.74) is 0.0637. The van der Waals surface area contributed by atoms with Crippen LogP contribution in [-0.4, -0.2) is 20.4 Å². The average molecular weight is 259 g/mol. The first-order valence-corrected chi connectivity index (χ1v) is 4.89. The Kier molecular flexibility index (Phi) is 2.01. The zero-order valence-electron chi connectivity index (χ0n) is 6.19. The number of carboxylic acids is 1. The van der Waals surface area contributed by atoms with Crippen LogP contribution in [0.5, 0.6) is 0 Å². The molecule has 1 N–H and O–H groups in total. The van der Waals surface area contributed by atoms with Crippen molar-refractivity contribution in [2.24, 2.45) is 0 Å². The van der Waals surface area contributed by atoms with Crippen molar-refractivity contribution in [2.75, 3.05) is 0 Å². The Balaban J connectivity index is 2.83. The number of carboxylic acid groups (broad SMARTS) is 1. The normalized spacial score (nSPS) is 10.5. The number of fused-ring (bicyclic) bond motifs is 1. The van der Waals surface area contributed by atoms with Crippen LogP contribution in [0.25, 0.3) is 10.1 Å². The van der Waals surface area contributed by atoms with Crippen molar-refractivity contribution >= 4 is 43.5 Å². The zero-order valence-corrected chi connectivity index (χ0v) is 8.59. The molecule has 0 fully saturated rings. The number of hydrogen-bond acceptors (Lipinski definition) is 4. The van der Waals surface area contributed by atoms with Crippen molar-refractivity contribution < 1.29 is 9.90 Å². The van der Waals surface area contributed by atoms with Crippen LogP contribution in [0, 0.1) is 0 Å². The molecule has 0 atom stereocenters. The SMILES string of the molecule is O=C(O)c1nsc2c(Br)cncc12. The molecule has 0 saturated heterocycles. The lowest BCUT2D eigenvalue weighted by molar-refractivity contribution is 0.0694. The highest BCUT2D eigenvalue weighted by molar-refractivity contribution is 9.10. The number of nitrogens with zero attached hydrogens (tertiary/aromatic N) is 2. The minimum absolute atomic E-state index is 0.0637. The molecule has 4 nitrogen and oxygen atoms in total. The molecule has 0 aliphatic heterocycles. The predicted molar refractivity (Wildman–Crippen MR) is 52.1 cm³/mol. The minimum atomic E-state index is -1.02. The maximum atomic E-state index is 10.7. The molecule has 2 heterocycles. The van der Waals surface area contributed by atoms with Gasteiger partial charge in [0.1, 0.15) is 0 Å². The van der Waals surface area contributed by atoms with Crippen LogP contribution in [-0.2, 0) is 0 Å². The molecule has 13 heavy (non-hydrogen) atoms. The van der Waals surface area contributed by atoms with Gasteiger partial charge in [0, 0.05) is 17.8 Å². The fraction of sp³-hybridized carbons (Fsp3) is 0. The number of carbonyl (C=O) groups is 1. The molecule has 0 amide bonds. The lowest BCUT2D eigenvalue weighted by atomic mass is 10.3. The molecule has 66 valence electrons. The molecule has 0 saturated carbocycles. The van der Waals surface area contributed by atoms with Crippen molar-refractivity contribution in [3.05, 3.63) is 22.6 Å². The summed E-state index contributed by atoms with van der Waals surface area (Å²) in [4.78, 5) is 14.6. The van der Waals surface area contributed by atoms with Gasteiger partial charge in [-0.15, -0.1) is 0 Å². The van der Waals surface area contributed by atoms with Gasteiger partial charge in [0.2, 0.25) is 0 Å². The Bertz CT molecular complexity index is 482. The number of pyridine rings is 1. The predicted octanol–water partition coefficient (Wildman–Crippen LogP) is 2.15. The van der Waals surface area contributed by atoms with E-state index in [0.29, 0.717) is 5.39 Å². The number of aromatic carboxylic acids is 1. The molecule has 2 rings (SSSR count). The smallest absolute Gasteiger partial charge is 0.356 e. The van der Waals surface area contributed by atoms with Crippen LogP contribution in [0.2, 0.25) is 0 Å². The van der Waals surface area contributed by atoms with E-state index in [1.807, 2.05) is 0 Å². The Morgan fingerprint density at radius 1 is 1.54 bits per heavy atom. The Labute approximate surface area is 85.5 Å². The first kappa shape index (κ1) is 8.58. The Morgan fingerprint density at radius 2 is 2.31 bits per heavy atom. The summed E-state index contributed by atoms with van der Waals surface area (Å²) in [5, 5.41) is 9.34. The van der Waals surface area contributed by atoms with Gasteiger partial charge in [-0.05, 0) is 27.5 Å². The van der Waals surface area contributed by atoms with Gasteiger partial charge in [-0.3, -0.25) is 4.98 Å². The molecule has 2 aromatic rings. The van der Waals surface area contributed by atoms with Crippen molar-refractivity contribution in [2.45, 2.75) is 0 Å². The van der Waals surface area contributed by atoms with Gasteiger partial charge in [-0.1, -0.05) is 0 Å². The lowest BCUT2D eigenvalue weighted by Gasteiger charge is -1.90. The summed E-state index contributed by atoms with van der Waals surface area (Å²) in [6.45, 7) is 0. The van der Waals surface area contributed by atoms with E-state index in [2.05, 4.69) is 25.3 Å². The highest BCUT2D eigenvalue weighted by Crippen LogP contribution is 2.28. The standard InChI is InChI=1S/C7H3BrN2O2S/c8-4-2-9-1-3-5(7(11)12)10-13-6(3)4/h1-2H,(H,11,12). The highest BCUT2D eigenvalue weighted by atomic mass is 79.9. The molecular formula is C7H3BrN2O2S. The molecule has 0 radical (unpaired) electrons. The number of hydrogen-bond donors (Lipinski definition) is 1. The molecular weight excluding hydrogens is 256 g/mol. The van der Waals surface area contributed by atoms with E-state index >= 15 is 0 Å². The summed E-state index contributed by atoms with van der Waals surface area (Å²) in [6.07, 6.45) is 3.12. The summed E-state index contributed by atoms with van der Waals surface area (Å²) < 4.78 is 5.41. The average Bonchev–Trinajstić information content (AvgIpc) is 2.48. The Hall–Kier alpha value is -1.01. The van der Waals surface area contributed by atoms with Gasteiger partial charge in [-0.25, -0.2) is 4.79 Å². The molecule has 0 aliphatic rings. The molecule has 0 aliphatic carbocycles. The molecule has 2 aromatic heterocycles. The number of aromatic nitrogens is 2. The largest absolute Gasteiger partial charge is 0.476 e. The topological polar surface area (TPSA) is 63.1 Å². The van der Waals surface area contributed by atoms with Gasteiger partial charge in [0.25, 0.3) is 0 Å². The summed E-state index contributed by atoms with van der Waals surface area (Å²) in [7, 11) is 0. The molecule has 0 aromatic carbocycles. The first-order valence-electron chi connectivity index (χ1n) is 3.32. The van der Waals surface area contributed by atoms with E-state index in [1.165, 1.54) is 6.20 Å². The summed E-state index contributed by atoms with van der Waals surface area (Å²) >= 11 is 4.43. The summed E-state index contributed by atoms with van der Waals surface area (Å²) in [6, 6.07) is 0. The lowest BCUT2D eigenvalue weighted by Crippen LogP contribution is -1.96. The molecule has 0 bridgehead atoms. The van der Waals surface area contributed by atoms with Crippen molar-refractivity contribution in [3.8, 4) is 0 Å². The van der Waals surface area contributed by atoms with Gasteiger partial charge in [0.05, 0.1) is 9.17 Å². The van der Waals surface area contributed by atoms with Crippen LogP contribution in [0.15, 0.2) is 16.9 Å². The Morgan fingerprint density at radius 3 is 3.00 bits per heavy atom. The number of halogens is 1. The van der Waals surface area contributed by atoms with E-state index in [4.69, 9.17) is 5.11 Å². The van der Waals surface area contributed by atoms with Gasteiger partial charge < -0.3 is 5.11 Å². The maximum absolute atomic E-state index is 10.7. The third kappa shape index (κ3) is 1.31. The third-order valence-electron chi connectivity index (χ3n) is 1.54. The van der Waals surface area contributed by atoms with Gasteiger partial charge >= 0.3 is 5.97 Å². The second kappa shape index (κ2) is 3.04. The fourth-order valence-corrected chi connectivity index (χ4v) is 2.27. The van der Waals surface area contributed by atoms with Crippen LogP contribution >= 0.6 is 27.5 Å². The van der Waals surface area contributed by atoms with Crippen molar-refractivity contribution in [3.63, 3.8) is 0 Å². The van der Waals surface area contributed by atoms with E-state index in [1.54, 1.807) is 6.20 Å². The quantitative estimate of drug-likeness (QED) is 0.852. The zero-order chi connectivity index (χ0) is 9.42. The monoisotopic (exact) mass is 258 g/mol. The second-order valence-electron chi connectivity index (χ2n) is 2.33. The van der Waals surface area contributed by atoms with E-state index in [-0.39, 0.29) is 5.69 Å². The van der Waals surface area contributed by atoms with E-state index in [9.17, 15) is 4.79 Å². The second-order valence-corrected chi connectivity index (χ2v) is 3.96. The van der Waals surface area contributed by atoms with Crippen LogP contribution in [0.3, 0.4) is 0 Å². The van der Waals surface area contributed by atoms with Crippen LogP contribution in [0.1, 0.15) is 10.5 Å². The summed E-state index contributed by atoms with van der Waals surface area (Å²) in [5.74, 6) is -1.02. The molecule has 0 spiro atoms. The van der Waals surface area contributed by atoms with Crippen LogP contribution < -0.4 is 0 Å². The number of rotatable bonds is 1. The van der Waals surface area contributed by atoms with Crippen molar-refractivity contribution in [1.29, 1.82) is 0 Å². The minimum Gasteiger partial charge on any atom is -0.476 e. The fourth-order valence-electron chi connectivity index (χ4n) is 0.979. The third-order valence-corrected chi connectivity index (χ3v) is 3.30. The maximum Gasteiger partial charge on any atom is 0.356 e. The van der Waals surface area contributed by atoms with Crippen LogP contribution in [0.4, 0.5) is 0 Å². The van der Waals surface area contributed by atoms with Gasteiger partial charge in [0.15, 0.2) is 5.69 Å². The molecule has 6 heteroatoms.